The van der Waals surface area contributed by atoms with Crippen LogP contribution in [0.2, 0.25) is 0 Å². The average Bonchev–Trinajstić information content (AvgIpc) is 2.84. The van der Waals surface area contributed by atoms with Crippen LogP contribution >= 0.6 is 0 Å². The van der Waals surface area contributed by atoms with Crippen LogP contribution in [0.3, 0.4) is 0 Å². The summed E-state index contributed by atoms with van der Waals surface area (Å²) in [5.41, 5.74) is 1.82. The molecule has 0 radical (unpaired) electrons. The van der Waals surface area contributed by atoms with E-state index in [2.05, 4.69) is 16.8 Å². The predicted molar refractivity (Wildman–Crippen MR) is 95.9 cm³/mol. The molecule has 0 aromatic heterocycles. The Morgan fingerprint density at radius 3 is 2.79 bits per heavy atom. The van der Waals surface area contributed by atoms with Gasteiger partial charge in [0.1, 0.15) is 0 Å². The van der Waals surface area contributed by atoms with Crippen molar-refractivity contribution in [3.8, 4) is 0 Å². The van der Waals surface area contributed by atoms with Gasteiger partial charge in [-0.1, -0.05) is 23.8 Å². The Morgan fingerprint density at radius 1 is 1.29 bits per heavy atom. The zero-order chi connectivity index (χ0) is 17.5. The maximum atomic E-state index is 12.7. The standard InChI is InChI=1S/C19H27N3O2/c1-4-9-20-18(23)16(3)21-10-6-11-22(13-12-21)19(24)17-8-5-7-15(2)14-17/h4-5,7-8,14,16H,1,6,9-13H2,2-3H3,(H,20,23). The third-order valence-electron chi connectivity index (χ3n) is 4.43. The Bertz CT molecular complexity index is 600. The molecule has 1 N–H and O–H groups in total. The van der Waals surface area contributed by atoms with Crippen LogP contribution in [-0.2, 0) is 4.79 Å². The zero-order valence-corrected chi connectivity index (χ0v) is 14.6. The number of amides is 2. The molecule has 2 amide bonds. The summed E-state index contributed by atoms with van der Waals surface area (Å²) in [6.07, 6.45) is 2.55. The highest BCUT2D eigenvalue weighted by Crippen LogP contribution is 2.12. The number of carbonyl (C=O) groups is 2. The zero-order valence-electron chi connectivity index (χ0n) is 14.6. The largest absolute Gasteiger partial charge is 0.351 e. The summed E-state index contributed by atoms with van der Waals surface area (Å²) >= 11 is 0. The second kappa shape index (κ2) is 8.64. The molecule has 2 rings (SSSR count). The highest BCUT2D eigenvalue weighted by Gasteiger charge is 2.25. The van der Waals surface area contributed by atoms with Crippen molar-refractivity contribution < 1.29 is 9.59 Å². The molecule has 0 spiro atoms. The monoisotopic (exact) mass is 329 g/mol. The van der Waals surface area contributed by atoms with Crippen LogP contribution in [0.15, 0.2) is 36.9 Å². The highest BCUT2D eigenvalue weighted by molar-refractivity contribution is 5.94. The number of benzene rings is 1. The lowest BCUT2D eigenvalue weighted by atomic mass is 10.1. The Kier molecular flexibility index (Phi) is 6.55. The van der Waals surface area contributed by atoms with Crippen molar-refractivity contribution in [2.75, 3.05) is 32.7 Å². The van der Waals surface area contributed by atoms with Gasteiger partial charge in [-0.25, -0.2) is 0 Å². The van der Waals surface area contributed by atoms with E-state index in [1.807, 2.05) is 43.0 Å². The Hall–Kier alpha value is -2.14. The van der Waals surface area contributed by atoms with Crippen molar-refractivity contribution in [3.05, 3.63) is 48.0 Å². The molecule has 1 aliphatic heterocycles. The molecule has 1 aromatic carbocycles. The first-order valence-electron chi connectivity index (χ1n) is 8.51. The van der Waals surface area contributed by atoms with Crippen LogP contribution in [-0.4, -0.2) is 60.4 Å². The summed E-state index contributed by atoms with van der Waals surface area (Å²) in [4.78, 5) is 28.8. The molecule has 0 bridgehead atoms. The molecule has 1 aromatic rings. The second-order valence-corrected chi connectivity index (χ2v) is 6.26. The number of carbonyl (C=O) groups excluding carboxylic acids is 2. The Labute approximate surface area is 144 Å². The minimum Gasteiger partial charge on any atom is -0.351 e. The lowest BCUT2D eigenvalue weighted by molar-refractivity contribution is -0.125. The quantitative estimate of drug-likeness (QED) is 0.839. The van der Waals surface area contributed by atoms with Crippen LogP contribution in [0.4, 0.5) is 0 Å². The summed E-state index contributed by atoms with van der Waals surface area (Å²) < 4.78 is 0. The Balaban J connectivity index is 1.96. The molecule has 130 valence electrons. The van der Waals surface area contributed by atoms with Crippen LogP contribution in [0.25, 0.3) is 0 Å². The molecule has 5 nitrogen and oxygen atoms in total. The molecular weight excluding hydrogens is 302 g/mol. The molecule has 0 aliphatic carbocycles. The Morgan fingerprint density at radius 2 is 2.08 bits per heavy atom. The fraction of sp³-hybridized carbons (Fsp3) is 0.474. The van der Waals surface area contributed by atoms with Crippen molar-refractivity contribution in [2.24, 2.45) is 0 Å². The maximum absolute atomic E-state index is 12.7. The van der Waals surface area contributed by atoms with E-state index in [0.29, 0.717) is 19.6 Å². The summed E-state index contributed by atoms with van der Waals surface area (Å²) in [6, 6.07) is 7.50. The number of aryl methyl sites for hydroxylation is 1. The van der Waals surface area contributed by atoms with Crippen LogP contribution < -0.4 is 5.32 Å². The third kappa shape index (κ3) is 4.68. The van der Waals surface area contributed by atoms with E-state index in [4.69, 9.17) is 0 Å². The van der Waals surface area contributed by atoms with Gasteiger partial charge in [-0.15, -0.1) is 6.58 Å². The minimum atomic E-state index is -0.195. The first-order valence-corrected chi connectivity index (χ1v) is 8.51. The van der Waals surface area contributed by atoms with Gasteiger partial charge in [-0.05, 0) is 32.4 Å². The fourth-order valence-electron chi connectivity index (χ4n) is 2.97. The fourth-order valence-corrected chi connectivity index (χ4v) is 2.97. The van der Waals surface area contributed by atoms with Crippen molar-refractivity contribution in [3.63, 3.8) is 0 Å². The number of hydrogen-bond donors (Lipinski definition) is 1. The van der Waals surface area contributed by atoms with Gasteiger partial charge in [0, 0.05) is 38.3 Å². The average molecular weight is 329 g/mol. The lowest BCUT2D eigenvalue weighted by Gasteiger charge is -2.26. The van der Waals surface area contributed by atoms with Crippen molar-refractivity contribution in [1.29, 1.82) is 0 Å². The first kappa shape index (κ1) is 18.2. The molecule has 1 saturated heterocycles. The van der Waals surface area contributed by atoms with E-state index in [1.54, 1.807) is 6.08 Å². The summed E-state index contributed by atoms with van der Waals surface area (Å²) in [5.74, 6) is 0.0812. The van der Waals surface area contributed by atoms with E-state index >= 15 is 0 Å². The van der Waals surface area contributed by atoms with Gasteiger partial charge in [0.25, 0.3) is 5.91 Å². The first-order chi connectivity index (χ1) is 11.5. The van der Waals surface area contributed by atoms with Gasteiger partial charge in [0.2, 0.25) is 5.91 Å². The molecule has 1 atom stereocenters. The van der Waals surface area contributed by atoms with Gasteiger partial charge in [-0.2, -0.15) is 0 Å². The van der Waals surface area contributed by atoms with Crippen LogP contribution in [0, 0.1) is 6.92 Å². The minimum absolute atomic E-state index is 0.00774. The smallest absolute Gasteiger partial charge is 0.253 e. The molecule has 1 heterocycles. The van der Waals surface area contributed by atoms with Gasteiger partial charge < -0.3 is 10.2 Å². The van der Waals surface area contributed by atoms with Crippen molar-refractivity contribution in [1.82, 2.24) is 15.1 Å². The molecule has 1 fully saturated rings. The molecule has 5 heteroatoms. The molecule has 24 heavy (non-hydrogen) atoms. The van der Waals surface area contributed by atoms with E-state index in [0.717, 1.165) is 30.6 Å². The van der Waals surface area contributed by atoms with Gasteiger partial charge in [-0.3, -0.25) is 14.5 Å². The molecule has 1 unspecified atom stereocenters. The summed E-state index contributed by atoms with van der Waals surface area (Å²) in [5, 5.41) is 2.84. The van der Waals surface area contributed by atoms with E-state index < -0.39 is 0 Å². The van der Waals surface area contributed by atoms with Gasteiger partial charge in [0.05, 0.1) is 6.04 Å². The summed E-state index contributed by atoms with van der Waals surface area (Å²) in [6.45, 7) is 10.9. The third-order valence-corrected chi connectivity index (χ3v) is 4.43. The summed E-state index contributed by atoms with van der Waals surface area (Å²) in [7, 11) is 0. The van der Waals surface area contributed by atoms with E-state index in [-0.39, 0.29) is 17.9 Å². The number of hydrogen-bond acceptors (Lipinski definition) is 3. The van der Waals surface area contributed by atoms with Crippen LogP contribution in [0.1, 0.15) is 29.3 Å². The number of rotatable bonds is 5. The number of nitrogens with one attached hydrogen (secondary N) is 1. The SMILES string of the molecule is C=CCNC(=O)C(C)N1CCCN(C(=O)c2cccc(C)c2)CC1. The normalized spacial score (nSPS) is 17.0. The maximum Gasteiger partial charge on any atom is 0.253 e. The van der Waals surface area contributed by atoms with Gasteiger partial charge in [0.15, 0.2) is 0 Å². The lowest BCUT2D eigenvalue weighted by Crippen LogP contribution is -2.46. The van der Waals surface area contributed by atoms with Gasteiger partial charge >= 0.3 is 0 Å². The van der Waals surface area contributed by atoms with E-state index in [9.17, 15) is 9.59 Å². The highest BCUT2D eigenvalue weighted by atomic mass is 16.2. The predicted octanol–water partition coefficient (Wildman–Crippen LogP) is 1.83. The number of nitrogens with zero attached hydrogens (tertiary/aromatic N) is 2. The molecule has 0 saturated carbocycles. The topological polar surface area (TPSA) is 52.7 Å². The van der Waals surface area contributed by atoms with E-state index in [1.165, 1.54) is 0 Å². The van der Waals surface area contributed by atoms with Crippen molar-refractivity contribution in [2.45, 2.75) is 26.3 Å². The second-order valence-electron chi connectivity index (χ2n) is 6.26. The van der Waals surface area contributed by atoms with Crippen LogP contribution in [0.5, 0.6) is 0 Å². The van der Waals surface area contributed by atoms with Crippen molar-refractivity contribution >= 4 is 11.8 Å². The molecular formula is C19H27N3O2. The molecule has 1 aliphatic rings.